The normalized spacial score (nSPS) is 23.3. The van der Waals surface area contributed by atoms with E-state index in [1.165, 1.54) is 36.1 Å². The molecule has 3 aromatic rings. The number of amides is 1. The molecular weight excluding hydrogens is 452 g/mol. The highest BCUT2D eigenvalue weighted by Crippen LogP contribution is 2.44. The molecule has 1 amide bonds. The number of nitrogens with one attached hydrogen (secondary N) is 3. The Kier molecular flexibility index (Phi) is 5.92. The molecule has 180 valence electrons. The summed E-state index contributed by atoms with van der Waals surface area (Å²) < 4.78 is 1.13. The van der Waals surface area contributed by atoms with Crippen LogP contribution in [0.15, 0.2) is 18.5 Å². The van der Waals surface area contributed by atoms with Crippen molar-refractivity contribution in [2.45, 2.75) is 50.6 Å². The van der Waals surface area contributed by atoms with Crippen molar-refractivity contribution in [1.82, 2.24) is 25.5 Å². The second-order valence-corrected chi connectivity index (χ2v) is 11.6. The van der Waals surface area contributed by atoms with Gasteiger partial charge in [-0.2, -0.15) is 0 Å². The minimum atomic E-state index is 0. The van der Waals surface area contributed by atoms with Gasteiger partial charge in [0, 0.05) is 52.5 Å². The van der Waals surface area contributed by atoms with Crippen molar-refractivity contribution in [3.63, 3.8) is 0 Å². The van der Waals surface area contributed by atoms with Crippen LogP contribution in [-0.4, -0.2) is 59.0 Å². The lowest BCUT2D eigenvalue weighted by molar-refractivity contribution is -0.116. The first kappa shape index (κ1) is 21.6. The van der Waals surface area contributed by atoms with Gasteiger partial charge in [-0.1, -0.05) is 0 Å². The average molecular weight is 489 g/mol. The van der Waals surface area contributed by atoms with Crippen LogP contribution in [0.2, 0.25) is 0 Å². The predicted molar refractivity (Wildman–Crippen MR) is 141 cm³/mol. The summed E-state index contributed by atoms with van der Waals surface area (Å²) >= 11 is 3.39. The summed E-state index contributed by atoms with van der Waals surface area (Å²) in [6.45, 7) is 5.95. The smallest absolute Gasteiger partial charge is 0.226 e. The Morgan fingerprint density at radius 1 is 1.27 bits per heavy atom. The number of thiophene rings is 1. The molecule has 6 rings (SSSR count). The summed E-state index contributed by atoms with van der Waals surface area (Å²) in [5, 5.41) is 12.4. The van der Waals surface area contributed by atoms with Gasteiger partial charge in [0.1, 0.15) is 15.5 Å². The van der Waals surface area contributed by atoms with Crippen molar-refractivity contribution in [1.29, 1.82) is 0 Å². The Bertz CT molecular complexity index is 1150. The fraction of sp³-hybridized carbons (Fsp3) is 0.542. The molecule has 3 aliphatic heterocycles. The van der Waals surface area contributed by atoms with Crippen LogP contribution in [0.4, 0.5) is 5.00 Å². The fourth-order valence-corrected chi connectivity index (χ4v) is 7.93. The van der Waals surface area contributed by atoms with Gasteiger partial charge in [-0.05, 0) is 63.4 Å². The molecule has 3 N–H and O–H groups in total. The number of thiazole rings is 1. The number of carbonyl (C=O) groups excluding carboxylic acids is 1. The van der Waals surface area contributed by atoms with Crippen LogP contribution in [0, 0.1) is 0 Å². The number of fused-ring (bicyclic) bond motifs is 2. The van der Waals surface area contributed by atoms with Crippen LogP contribution in [0.3, 0.4) is 0 Å². The first-order valence-electron chi connectivity index (χ1n) is 12.0. The van der Waals surface area contributed by atoms with Gasteiger partial charge in [0.25, 0.3) is 0 Å². The summed E-state index contributed by atoms with van der Waals surface area (Å²) in [5.74, 6) is 0.101. The van der Waals surface area contributed by atoms with Gasteiger partial charge in [0.15, 0.2) is 0 Å². The molecule has 0 aliphatic carbocycles. The summed E-state index contributed by atoms with van der Waals surface area (Å²) in [7, 11) is 0. The van der Waals surface area contributed by atoms with Gasteiger partial charge in [0.05, 0.1) is 10.9 Å². The minimum absolute atomic E-state index is 0. The second kappa shape index (κ2) is 9.03. The van der Waals surface area contributed by atoms with Gasteiger partial charge in [0.2, 0.25) is 5.91 Å². The molecule has 0 aromatic carbocycles. The zero-order chi connectivity index (χ0) is 22.3. The number of hydrogen-bond donors (Lipinski definition) is 3. The van der Waals surface area contributed by atoms with Crippen LogP contribution in [0.25, 0.3) is 20.8 Å². The van der Waals surface area contributed by atoms with Crippen molar-refractivity contribution >= 4 is 43.8 Å². The van der Waals surface area contributed by atoms with Gasteiger partial charge in [-0.25, -0.2) is 4.98 Å². The predicted octanol–water partition coefficient (Wildman–Crippen LogP) is 4.35. The average Bonchev–Trinajstić information content (AvgIpc) is 3.54. The number of aromatic nitrogens is 2. The zero-order valence-corrected chi connectivity index (χ0v) is 20.4. The first-order chi connectivity index (χ1) is 16.2. The maximum absolute atomic E-state index is 13.0. The SMILES string of the molecule is O=C(CCN1CCC[C@@]2(CCCN2)C1)Nc1sc2c(c1-c1nc3cnccc3s1)CCNC2.[HH].[HH].[HH]. The molecule has 33 heavy (non-hydrogen) atoms. The molecule has 0 saturated carbocycles. The van der Waals surface area contributed by atoms with E-state index in [4.69, 9.17) is 4.98 Å². The summed E-state index contributed by atoms with van der Waals surface area (Å²) in [6.07, 6.45) is 10.2. The molecule has 0 radical (unpaired) electrons. The molecule has 3 aromatic heterocycles. The van der Waals surface area contributed by atoms with E-state index in [2.05, 4.69) is 25.8 Å². The molecule has 7 nitrogen and oxygen atoms in total. The monoisotopic (exact) mass is 488 g/mol. The molecular formula is C24H36N6OS2. The van der Waals surface area contributed by atoms with E-state index in [1.54, 1.807) is 22.7 Å². The molecule has 0 unspecified atom stereocenters. The molecule has 0 bridgehead atoms. The largest absolute Gasteiger partial charge is 0.317 e. The van der Waals surface area contributed by atoms with Crippen LogP contribution in [0.1, 0.15) is 46.8 Å². The summed E-state index contributed by atoms with van der Waals surface area (Å²) in [5.41, 5.74) is 3.68. The van der Waals surface area contributed by atoms with Crippen molar-refractivity contribution < 1.29 is 9.07 Å². The topological polar surface area (TPSA) is 82.2 Å². The Morgan fingerprint density at radius 2 is 2.21 bits per heavy atom. The lowest BCUT2D eigenvalue weighted by atomic mass is 9.87. The van der Waals surface area contributed by atoms with Crippen molar-refractivity contribution in [3.8, 4) is 10.6 Å². The highest BCUT2D eigenvalue weighted by atomic mass is 32.1. The third-order valence-electron chi connectivity index (χ3n) is 7.23. The third-order valence-corrected chi connectivity index (χ3v) is 9.43. The van der Waals surface area contributed by atoms with Gasteiger partial charge < -0.3 is 20.9 Å². The number of anilines is 1. The number of piperidine rings is 1. The third kappa shape index (κ3) is 4.33. The summed E-state index contributed by atoms with van der Waals surface area (Å²) in [4.78, 5) is 25.9. The molecule has 3 aliphatic rings. The fourth-order valence-electron chi connectivity index (χ4n) is 5.62. The molecule has 9 heteroatoms. The Balaban J connectivity index is 0.00000120. The van der Waals surface area contributed by atoms with Crippen molar-refractivity contribution in [2.24, 2.45) is 0 Å². The van der Waals surface area contributed by atoms with Crippen molar-refractivity contribution in [3.05, 3.63) is 28.9 Å². The maximum Gasteiger partial charge on any atom is 0.226 e. The zero-order valence-electron chi connectivity index (χ0n) is 18.8. The Hall–Kier alpha value is -1.91. The van der Waals surface area contributed by atoms with E-state index < -0.39 is 0 Å². The highest BCUT2D eigenvalue weighted by Gasteiger charge is 2.37. The van der Waals surface area contributed by atoms with Crippen LogP contribution < -0.4 is 16.0 Å². The molecule has 6 heterocycles. The molecule has 2 saturated heterocycles. The number of nitrogens with zero attached hydrogens (tertiary/aromatic N) is 3. The number of carbonyl (C=O) groups is 1. The first-order valence-corrected chi connectivity index (χ1v) is 13.7. The van der Waals surface area contributed by atoms with Crippen LogP contribution >= 0.6 is 22.7 Å². The van der Waals surface area contributed by atoms with Crippen molar-refractivity contribution in [2.75, 3.05) is 38.0 Å². The highest BCUT2D eigenvalue weighted by molar-refractivity contribution is 7.22. The number of likely N-dealkylation sites (tertiary alicyclic amines) is 1. The van der Waals surface area contributed by atoms with Gasteiger partial charge in [-0.15, -0.1) is 22.7 Å². The standard InChI is InChI=1S/C24H30N6OS2.3H2/c31-20(5-12-30-11-2-7-24(15-30)6-1-8-27-24)29-23-21(16-3-9-26-14-19(16)33-23)22-28-17-13-25-10-4-18(17)32-22;;;/h4,10,13,26-27H,1-3,5-9,11-12,14-15H2,(H,29,31);3*1H/t24-;;;/m0.../s1. The number of hydrogen-bond acceptors (Lipinski definition) is 8. The number of pyridine rings is 1. The minimum Gasteiger partial charge on any atom is -0.317 e. The van der Waals surface area contributed by atoms with Crippen LogP contribution in [-0.2, 0) is 17.8 Å². The van der Waals surface area contributed by atoms with Gasteiger partial charge in [-0.3, -0.25) is 9.78 Å². The van der Waals surface area contributed by atoms with E-state index in [9.17, 15) is 4.79 Å². The summed E-state index contributed by atoms with van der Waals surface area (Å²) in [6, 6.07) is 2.01. The van der Waals surface area contributed by atoms with Gasteiger partial charge >= 0.3 is 0 Å². The molecule has 2 fully saturated rings. The van der Waals surface area contributed by atoms with E-state index in [1.807, 2.05) is 18.5 Å². The second-order valence-electron chi connectivity index (χ2n) is 9.49. The van der Waals surface area contributed by atoms with E-state index >= 15 is 0 Å². The quantitative estimate of drug-likeness (QED) is 0.495. The van der Waals surface area contributed by atoms with E-state index in [0.717, 1.165) is 71.5 Å². The van der Waals surface area contributed by atoms with E-state index in [0.29, 0.717) is 12.0 Å². The molecule has 1 spiro atoms. The Labute approximate surface area is 206 Å². The lowest BCUT2D eigenvalue weighted by Gasteiger charge is -2.40. The lowest BCUT2D eigenvalue weighted by Crippen LogP contribution is -2.54. The molecule has 1 atom stereocenters. The Morgan fingerprint density at radius 3 is 3.09 bits per heavy atom. The number of rotatable bonds is 5. The maximum atomic E-state index is 13.0. The van der Waals surface area contributed by atoms with Crippen LogP contribution in [0.5, 0.6) is 0 Å². The van der Waals surface area contributed by atoms with E-state index in [-0.39, 0.29) is 10.2 Å².